The van der Waals surface area contributed by atoms with Gasteiger partial charge >= 0.3 is 5.97 Å². The molecule has 25 heavy (non-hydrogen) atoms. The van der Waals surface area contributed by atoms with E-state index in [2.05, 4.69) is 6.92 Å². The minimum absolute atomic E-state index is 0.363. The largest absolute Gasteiger partial charge is 0.457 e. The number of carbonyl (C=O) groups excluding carboxylic acids is 1. The Hall–Kier alpha value is -2.81. The Morgan fingerprint density at radius 2 is 1.64 bits per heavy atom. The summed E-state index contributed by atoms with van der Waals surface area (Å²) >= 11 is 0. The summed E-state index contributed by atoms with van der Waals surface area (Å²) in [4.78, 5) is 12.4. The third-order valence-electron chi connectivity index (χ3n) is 4.05. The van der Waals surface area contributed by atoms with Gasteiger partial charge in [0.2, 0.25) is 0 Å². The first kappa shape index (κ1) is 17.0. The average Bonchev–Trinajstić information content (AvgIpc) is 3.06. The minimum atomic E-state index is -0.363. The van der Waals surface area contributed by atoms with E-state index in [9.17, 15) is 4.79 Å². The van der Waals surface area contributed by atoms with Gasteiger partial charge in [0.05, 0.1) is 5.56 Å². The van der Waals surface area contributed by atoms with Crippen molar-refractivity contribution in [2.75, 3.05) is 0 Å². The van der Waals surface area contributed by atoms with Crippen molar-refractivity contribution in [2.45, 2.75) is 32.6 Å². The van der Waals surface area contributed by atoms with Gasteiger partial charge in [-0.05, 0) is 18.6 Å². The van der Waals surface area contributed by atoms with Crippen LogP contribution in [0.25, 0.3) is 11.3 Å². The van der Waals surface area contributed by atoms with E-state index in [-0.39, 0.29) is 5.97 Å². The molecule has 0 radical (unpaired) electrons. The fraction of sp³-hybridized carbons (Fsp3) is 0.227. The summed E-state index contributed by atoms with van der Waals surface area (Å²) in [5.74, 6) is 1.61. The third-order valence-corrected chi connectivity index (χ3v) is 4.05. The number of benzene rings is 2. The van der Waals surface area contributed by atoms with Crippen molar-refractivity contribution in [3.63, 3.8) is 0 Å². The van der Waals surface area contributed by atoms with Crippen molar-refractivity contribution in [1.29, 1.82) is 0 Å². The van der Waals surface area contributed by atoms with E-state index in [1.54, 1.807) is 12.1 Å². The zero-order valence-corrected chi connectivity index (χ0v) is 14.4. The molecule has 0 aliphatic carbocycles. The SMILES string of the molecule is CCCCCc1oc(-c2ccccc2)cc1OC(=O)c1ccccc1. The van der Waals surface area contributed by atoms with E-state index in [4.69, 9.17) is 9.15 Å². The number of hydrogen-bond donors (Lipinski definition) is 0. The van der Waals surface area contributed by atoms with Gasteiger partial charge < -0.3 is 9.15 Å². The molecule has 0 N–H and O–H groups in total. The molecule has 0 aliphatic heterocycles. The van der Waals surface area contributed by atoms with Crippen molar-refractivity contribution < 1.29 is 13.9 Å². The third kappa shape index (κ3) is 4.38. The first-order chi connectivity index (χ1) is 12.3. The molecule has 1 heterocycles. The molecule has 0 amide bonds. The van der Waals surface area contributed by atoms with Crippen LogP contribution in [0, 0.1) is 0 Å². The topological polar surface area (TPSA) is 39.4 Å². The van der Waals surface area contributed by atoms with E-state index >= 15 is 0 Å². The Morgan fingerprint density at radius 3 is 2.32 bits per heavy atom. The molecular weight excluding hydrogens is 312 g/mol. The first-order valence-electron chi connectivity index (χ1n) is 8.73. The predicted molar refractivity (Wildman–Crippen MR) is 98.8 cm³/mol. The second-order valence-electron chi connectivity index (χ2n) is 5.98. The maximum atomic E-state index is 12.4. The molecule has 0 spiro atoms. The fourth-order valence-corrected chi connectivity index (χ4v) is 2.69. The highest BCUT2D eigenvalue weighted by atomic mass is 16.5. The van der Waals surface area contributed by atoms with Gasteiger partial charge in [0.15, 0.2) is 5.75 Å². The molecule has 128 valence electrons. The average molecular weight is 334 g/mol. The second-order valence-corrected chi connectivity index (χ2v) is 5.98. The smallest absolute Gasteiger partial charge is 0.343 e. The number of furan rings is 1. The van der Waals surface area contributed by atoms with E-state index in [0.717, 1.165) is 42.8 Å². The Bertz CT molecular complexity index is 804. The van der Waals surface area contributed by atoms with E-state index in [0.29, 0.717) is 11.3 Å². The fourth-order valence-electron chi connectivity index (χ4n) is 2.69. The molecule has 1 aromatic heterocycles. The van der Waals surface area contributed by atoms with E-state index < -0.39 is 0 Å². The molecule has 3 rings (SSSR count). The maximum Gasteiger partial charge on any atom is 0.343 e. The lowest BCUT2D eigenvalue weighted by Crippen LogP contribution is -2.08. The monoisotopic (exact) mass is 334 g/mol. The standard InChI is InChI=1S/C22H22O3/c1-2-3-6-15-19-21(25-22(23)18-13-9-5-10-14-18)16-20(24-19)17-11-7-4-8-12-17/h4-5,7-14,16H,2-3,6,15H2,1H3. The van der Waals surface area contributed by atoms with Crippen molar-refractivity contribution in [1.82, 2.24) is 0 Å². The molecule has 2 aromatic carbocycles. The number of rotatable bonds is 7. The van der Waals surface area contributed by atoms with Gasteiger partial charge in [-0.25, -0.2) is 4.79 Å². The van der Waals surface area contributed by atoms with Crippen molar-refractivity contribution in [2.24, 2.45) is 0 Å². The Balaban J connectivity index is 1.85. The number of carbonyl (C=O) groups is 1. The predicted octanol–water partition coefficient (Wildman–Crippen LogP) is 5.90. The van der Waals surface area contributed by atoms with Crippen LogP contribution in [0.3, 0.4) is 0 Å². The molecule has 0 saturated carbocycles. The molecule has 0 unspecified atom stereocenters. The zero-order valence-electron chi connectivity index (χ0n) is 14.4. The Labute approximate surface area is 148 Å². The van der Waals surface area contributed by atoms with Crippen LogP contribution in [0.4, 0.5) is 0 Å². The Kier molecular flexibility index (Phi) is 5.68. The summed E-state index contributed by atoms with van der Waals surface area (Å²) < 4.78 is 11.6. The van der Waals surface area contributed by atoms with Crippen LogP contribution in [0.5, 0.6) is 5.75 Å². The quantitative estimate of drug-likeness (QED) is 0.399. The van der Waals surface area contributed by atoms with Gasteiger partial charge in [0, 0.05) is 18.1 Å². The van der Waals surface area contributed by atoms with Gasteiger partial charge in [-0.3, -0.25) is 0 Å². The summed E-state index contributed by atoms with van der Waals surface area (Å²) in [5.41, 5.74) is 1.51. The first-order valence-corrected chi connectivity index (χ1v) is 8.73. The molecule has 0 saturated heterocycles. The summed E-state index contributed by atoms with van der Waals surface area (Å²) in [7, 11) is 0. The molecule has 0 bridgehead atoms. The number of aryl methyl sites for hydroxylation is 1. The zero-order chi connectivity index (χ0) is 17.5. The highest BCUT2D eigenvalue weighted by Crippen LogP contribution is 2.32. The number of esters is 1. The van der Waals surface area contributed by atoms with Crippen LogP contribution in [-0.2, 0) is 6.42 Å². The summed E-state index contributed by atoms with van der Waals surface area (Å²) in [5, 5.41) is 0. The lowest BCUT2D eigenvalue weighted by Gasteiger charge is -2.04. The van der Waals surface area contributed by atoms with Crippen LogP contribution in [0.2, 0.25) is 0 Å². The number of ether oxygens (including phenoxy) is 1. The van der Waals surface area contributed by atoms with Crippen molar-refractivity contribution >= 4 is 5.97 Å². The van der Waals surface area contributed by atoms with Gasteiger partial charge in [-0.15, -0.1) is 0 Å². The van der Waals surface area contributed by atoms with E-state index in [1.165, 1.54) is 0 Å². The number of unbranched alkanes of at least 4 members (excludes halogenated alkanes) is 2. The molecule has 0 aliphatic rings. The Morgan fingerprint density at radius 1 is 0.960 bits per heavy atom. The highest BCUT2D eigenvalue weighted by molar-refractivity contribution is 5.91. The van der Waals surface area contributed by atoms with Gasteiger partial charge in [-0.1, -0.05) is 68.3 Å². The van der Waals surface area contributed by atoms with Crippen molar-refractivity contribution in [3.8, 4) is 17.1 Å². The molecule has 3 heteroatoms. The number of hydrogen-bond acceptors (Lipinski definition) is 3. The van der Waals surface area contributed by atoms with Crippen LogP contribution >= 0.6 is 0 Å². The van der Waals surface area contributed by atoms with Crippen LogP contribution in [0.15, 0.2) is 71.1 Å². The molecule has 3 aromatic rings. The minimum Gasteiger partial charge on any atom is -0.457 e. The second kappa shape index (κ2) is 8.34. The lowest BCUT2D eigenvalue weighted by atomic mass is 10.1. The molecule has 0 atom stereocenters. The summed E-state index contributed by atoms with van der Waals surface area (Å²) in [6, 6.07) is 20.7. The highest BCUT2D eigenvalue weighted by Gasteiger charge is 2.17. The molecular formula is C22H22O3. The van der Waals surface area contributed by atoms with Crippen LogP contribution < -0.4 is 4.74 Å². The van der Waals surface area contributed by atoms with E-state index in [1.807, 2.05) is 54.6 Å². The maximum absolute atomic E-state index is 12.4. The van der Waals surface area contributed by atoms with Crippen molar-refractivity contribution in [3.05, 3.63) is 78.1 Å². The molecule has 3 nitrogen and oxygen atoms in total. The van der Waals surface area contributed by atoms with Gasteiger partial charge in [0.1, 0.15) is 11.5 Å². The van der Waals surface area contributed by atoms with Crippen LogP contribution in [-0.4, -0.2) is 5.97 Å². The normalized spacial score (nSPS) is 10.6. The lowest BCUT2D eigenvalue weighted by molar-refractivity contribution is 0.0731. The summed E-state index contributed by atoms with van der Waals surface area (Å²) in [6.07, 6.45) is 4.02. The summed E-state index contributed by atoms with van der Waals surface area (Å²) in [6.45, 7) is 2.16. The van der Waals surface area contributed by atoms with Gasteiger partial charge in [-0.2, -0.15) is 0 Å². The van der Waals surface area contributed by atoms with Gasteiger partial charge in [0.25, 0.3) is 0 Å². The van der Waals surface area contributed by atoms with Crippen LogP contribution in [0.1, 0.15) is 42.3 Å². The molecule has 0 fully saturated rings.